The molecule has 2 aromatic carbocycles. The Kier molecular flexibility index (Phi) is 6.11. The molecule has 1 heterocycles. The van der Waals surface area contributed by atoms with E-state index in [1.165, 1.54) is 16.7 Å². The van der Waals surface area contributed by atoms with Gasteiger partial charge in [0.2, 0.25) is 5.91 Å². The fourth-order valence-electron chi connectivity index (χ4n) is 3.59. The van der Waals surface area contributed by atoms with Gasteiger partial charge >= 0.3 is 0 Å². The van der Waals surface area contributed by atoms with Crippen LogP contribution in [0.1, 0.15) is 48.9 Å². The number of rotatable bonds is 5. The Bertz CT molecular complexity index is 832. The summed E-state index contributed by atoms with van der Waals surface area (Å²) in [6, 6.07) is 14.6. The summed E-state index contributed by atoms with van der Waals surface area (Å²) in [6.45, 7) is 7.21. The van der Waals surface area contributed by atoms with Gasteiger partial charge in [-0.2, -0.15) is 0 Å². The zero-order chi connectivity index (χ0) is 19.4. The van der Waals surface area contributed by atoms with Gasteiger partial charge in [-0.3, -0.25) is 4.79 Å². The lowest BCUT2D eigenvalue weighted by Gasteiger charge is -2.22. The van der Waals surface area contributed by atoms with Crippen molar-refractivity contribution >= 4 is 34.6 Å². The van der Waals surface area contributed by atoms with Crippen molar-refractivity contribution in [2.45, 2.75) is 46.1 Å². The van der Waals surface area contributed by atoms with Crippen molar-refractivity contribution in [2.24, 2.45) is 0 Å². The van der Waals surface area contributed by atoms with E-state index >= 15 is 0 Å². The van der Waals surface area contributed by atoms with Crippen LogP contribution in [0.5, 0.6) is 0 Å². The molecule has 1 aliphatic heterocycles. The lowest BCUT2D eigenvalue weighted by atomic mass is 9.98. The van der Waals surface area contributed by atoms with Crippen LogP contribution in [0, 0.1) is 13.8 Å². The van der Waals surface area contributed by atoms with Crippen molar-refractivity contribution < 1.29 is 4.79 Å². The molecule has 1 fully saturated rings. The van der Waals surface area contributed by atoms with Gasteiger partial charge < -0.3 is 15.5 Å². The first-order valence-corrected chi connectivity index (χ1v) is 9.94. The number of amides is 1. The smallest absolute Gasteiger partial charge is 0.227 e. The Morgan fingerprint density at radius 2 is 1.93 bits per heavy atom. The lowest BCUT2D eigenvalue weighted by molar-refractivity contribution is -0.117. The first kappa shape index (κ1) is 19.4. The summed E-state index contributed by atoms with van der Waals surface area (Å²) in [5, 5.41) is 7.28. The van der Waals surface area contributed by atoms with Gasteiger partial charge in [-0.15, -0.1) is 0 Å². The summed E-state index contributed by atoms with van der Waals surface area (Å²) in [4.78, 5) is 13.7. The maximum Gasteiger partial charge on any atom is 0.227 e. The van der Waals surface area contributed by atoms with E-state index in [1.54, 1.807) is 0 Å². The molecule has 4 nitrogen and oxygen atoms in total. The Labute approximate surface area is 167 Å². The number of anilines is 2. The van der Waals surface area contributed by atoms with Gasteiger partial charge in [-0.25, -0.2) is 0 Å². The third-order valence-corrected chi connectivity index (χ3v) is 5.24. The third-order valence-electron chi connectivity index (χ3n) is 5.02. The minimum atomic E-state index is 0.173. The van der Waals surface area contributed by atoms with Gasteiger partial charge in [-0.05, 0) is 74.3 Å². The van der Waals surface area contributed by atoms with E-state index < -0.39 is 0 Å². The highest BCUT2D eigenvalue weighted by atomic mass is 32.1. The van der Waals surface area contributed by atoms with Gasteiger partial charge in [0.25, 0.3) is 0 Å². The minimum Gasteiger partial charge on any atom is -0.356 e. The molecule has 0 radical (unpaired) electrons. The molecule has 142 valence electrons. The molecule has 3 rings (SSSR count). The zero-order valence-electron chi connectivity index (χ0n) is 16.2. The molecule has 0 aliphatic carbocycles. The van der Waals surface area contributed by atoms with Gasteiger partial charge in [0.15, 0.2) is 5.11 Å². The van der Waals surface area contributed by atoms with E-state index in [-0.39, 0.29) is 11.9 Å². The minimum absolute atomic E-state index is 0.173. The van der Waals surface area contributed by atoms with Gasteiger partial charge in [0.1, 0.15) is 0 Å². The Hall–Kier alpha value is -2.40. The van der Waals surface area contributed by atoms with Crippen molar-refractivity contribution in [1.82, 2.24) is 5.32 Å². The van der Waals surface area contributed by atoms with E-state index in [1.807, 2.05) is 29.2 Å². The molecule has 27 heavy (non-hydrogen) atoms. The molecular formula is C22H27N3OS. The Balaban J connectivity index is 1.63. The molecule has 1 atom stereocenters. The maximum atomic E-state index is 11.9. The standard InChI is InChI=1S/C22H27N3OS/c1-4-20(19-12-7-15(2)14-16(19)3)24-22(27)23-17-8-10-18(11-9-17)25-13-5-6-21(25)26/h7-12,14,20H,4-6,13H2,1-3H3,(H2,23,24,27)/t20-/m0/s1. The average molecular weight is 382 g/mol. The fraction of sp³-hybridized carbons (Fsp3) is 0.364. The summed E-state index contributed by atoms with van der Waals surface area (Å²) in [5.74, 6) is 0.201. The Morgan fingerprint density at radius 3 is 2.52 bits per heavy atom. The van der Waals surface area contributed by atoms with Crippen molar-refractivity contribution in [3.05, 3.63) is 59.2 Å². The largest absolute Gasteiger partial charge is 0.356 e. The first-order chi connectivity index (χ1) is 13.0. The van der Waals surface area contributed by atoms with E-state index in [0.29, 0.717) is 11.5 Å². The van der Waals surface area contributed by atoms with Crippen LogP contribution in [0.25, 0.3) is 0 Å². The zero-order valence-corrected chi connectivity index (χ0v) is 17.0. The second-order valence-corrected chi connectivity index (χ2v) is 7.52. The van der Waals surface area contributed by atoms with Crippen LogP contribution >= 0.6 is 12.2 Å². The van der Waals surface area contributed by atoms with Gasteiger partial charge in [-0.1, -0.05) is 30.7 Å². The molecule has 0 unspecified atom stereocenters. The van der Waals surface area contributed by atoms with E-state index in [0.717, 1.165) is 30.8 Å². The third kappa shape index (κ3) is 4.66. The molecule has 2 N–H and O–H groups in total. The molecule has 5 heteroatoms. The van der Waals surface area contributed by atoms with E-state index in [4.69, 9.17) is 12.2 Å². The average Bonchev–Trinajstić information content (AvgIpc) is 3.07. The molecule has 0 aromatic heterocycles. The predicted molar refractivity (Wildman–Crippen MR) is 116 cm³/mol. The second-order valence-electron chi connectivity index (χ2n) is 7.12. The van der Waals surface area contributed by atoms with Crippen molar-refractivity contribution in [3.8, 4) is 0 Å². The van der Waals surface area contributed by atoms with Crippen LogP contribution in [-0.2, 0) is 4.79 Å². The normalized spacial score (nSPS) is 14.9. The molecule has 0 saturated carbocycles. The lowest BCUT2D eigenvalue weighted by Crippen LogP contribution is -2.32. The number of carbonyl (C=O) groups is 1. The first-order valence-electron chi connectivity index (χ1n) is 9.53. The molecule has 2 aromatic rings. The van der Waals surface area contributed by atoms with Crippen molar-refractivity contribution in [1.29, 1.82) is 0 Å². The number of carbonyl (C=O) groups excluding carboxylic acids is 1. The Morgan fingerprint density at radius 1 is 1.19 bits per heavy atom. The molecule has 0 bridgehead atoms. The van der Waals surface area contributed by atoms with E-state index in [9.17, 15) is 4.79 Å². The molecule has 1 amide bonds. The van der Waals surface area contributed by atoms with E-state index in [2.05, 4.69) is 49.6 Å². The second kappa shape index (κ2) is 8.53. The number of hydrogen-bond donors (Lipinski definition) is 2. The van der Waals surface area contributed by atoms with Crippen LogP contribution in [0.2, 0.25) is 0 Å². The number of hydrogen-bond acceptors (Lipinski definition) is 2. The van der Waals surface area contributed by atoms with Crippen molar-refractivity contribution in [3.63, 3.8) is 0 Å². The molecule has 1 aliphatic rings. The maximum absolute atomic E-state index is 11.9. The number of nitrogens with zero attached hydrogens (tertiary/aromatic N) is 1. The van der Waals surface area contributed by atoms with Gasteiger partial charge in [0.05, 0.1) is 6.04 Å². The van der Waals surface area contributed by atoms with Crippen LogP contribution < -0.4 is 15.5 Å². The fourth-order valence-corrected chi connectivity index (χ4v) is 3.85. The quantitative estimate of drug-likeness (QED) is 0.726. The van der Waals surface area contributed by atoms with Crippen LogP contribution in [-0.4, -0.2) is 17.6 Å². The summed E-state index contributed by atoms with van der Waals surface area (Å²) < 4.78 is 0. The summed E-state index contributed by atoms with van der Waals surface area (Å²) >= 11 is 5.52. The molecule has 1 saturated heterocycles. The number of benzene rings is 2. The SMILES string of the molecule is CC[C@H](NC(=S)Nc1ccc(N2CCCC2=O)cc1)c1ccc(C)cc1C. The number of aryl methyl sites for hydroxylation is 2. The van der Waals surface area contributed by atoms with Crippen LogP contribution in [0.4, 0.5) is 11.4 Å². The number of nitrogens with one attached hydrogen (secondary N) is 2. The highest BCUT2D eigenvalue weighted by molar-refractivity contribution is 7.80. The van der Waals surface area contributed by atoms with Crippen molar-refractivity contribution in [2.75, 3.05) is 16.8 Å². The summed E-state index contributed by atoms with van der Waals surface area (Å²) in [6.07, 6.45) is 2.52. The highest BCUT2D eigenvalue weighted by Gasteiger charge is 2.21. The van der Waals surface area contributed by atoms with Gasteiger partial charge in [0, 0.05) is 24.3 Å². The topological polar surface area (TPSA) is 44.4 Å². The molecular weight excluding hydrogens is 354 g/mol. The van der Waals surface area contributed by atoms with Crippen LogP contribution in [0.3, 0.4) is 0 Å². The summed E-state index contributed by atoms with van der Waals surface area (Å²) in [7, 11) is 0. The van der Waals surface area contributed by atoms with Crippen LogP contribution in [0.15, 0.2) is 42.5 Å². The monoisotopic (exact) mass is 381 g/mol. The summed E-state index contributed by atoms with van der Waals surface area (Å²) in [5.41, 5.74) is 5.68. The highest BCUT2D eigenvalue weighted by Crippen LogP contribution is 2.24. The number of thiocarbonyl (C=S) groups is 1. The molecule has 0 spiro atoms. The predicted octanol–water partition coefficient (Wildman–Crippen LogP) is 4.87.